The van der Waals surface area contributed by atoms with Crippen LogP contribution in [0.3, 0.4) is 0 Å². The second-order valence-corrected chi connectivity index (χ2v) is 7.45. The average molecular weight is 379 g/mol. The van der Waals surface area contributed by atoms with E-state index in [1.807, 2.05) is 13.8 Å². The Balaban J connectivity index is 1.82. The van der Waals surface area contributed by atoms with E-state index in [2.05, 4.69) is 0 Å². The monoisotopic (exact) mass is 379 g/mol. The normalized spacial score (nSPS) is 20.8. The van der Waals surface area contributed by atoms with Crippen molar-refractivity contribution in [2.24, 2.45) is 5.92 Å². The summed E-state index contributed by atoms with van der Waals surface area (Å²) >= 11 is 0. The van der Waals surface area contributed by atoms with Gasteiger partial charge in [-0.25, -0.2) is 8.78 Å². The van der Waals surface area contributed by atoms with Crippen LogP contribution in [0.25, 0.3) is 0 Å². The summed E-state index contributed by atoms with van der Waals surface area (Å²) in [6.45, 7) is 5.27. The molecule has 146 valence electrons. The Morgan fingerprint density at radius 3 is 2.59 bits per heavy atom. The number of fused-ring (bicyclic) bond motifs is 1. The number of hydrogen-bond acceptors (Lipinski definition) is 3. The second-order valence-electron chi connectivity index (χ2n) is 7.45. The minimum atomic E-state index is -1.09. The molecule has 1 aromatic rings. The molecule has 3 rings (SSSR count). The van der Waals surface area contributed by atoms with Gasteiger partial charge >= 0.3 is 0 Å². The summed E-state index contributed by atoms with van der Waals surface area (Å²) in [5.74, 6) is -2.66. The first-order chi connectivity index (χ1) is 12.8. The van der Waals surface area contributed by atoms with Crippen molar-refractivity contribution < 1.29 is 23.2 Å². The molecule has 0 N–H and O–H groups in total. The average Bonchev–Trinajstić information content (AvgIpc) is 2.84. The van der Waals surface area contributed by atoms with Crippen molar-refractivity contribution in [3.8, 4) is 0 Å². The maximum Gasteiger partial charge on any atom is 0.254 e. The van der Waals surface area contributed by atoms with Crippen molar-refractivity contribution in [1.82, 2.24) is 14.7 Å². The molecular formula is C19H23F2N3O3. The molecule has 2 fully saturated rings. The van der Waals surface area contributed by atoms with Crippen LogP contribution < -0.4 is 0 Å². The predicted octanol–water partition coefficient (Wildman–Crippen LogP) is 1.51. The zero-order valence-corrected chi connectivity index (χ0v) is 15.5. The highest BCUT2D eigenvalue weighted by Gasteiger charge is 2.42. The molecule has 1 aromatic carbocycles. The van der Waals surface area contributed by atoms with Gasteiger partial charge in [0.25, 0.3) is 5.91 Å². The molecule has 2 aliphatic rings. The number of piperazine rings is 1. The van der Waals surface area contributed by atoms with Gasteiger partial charge in [-0.05, 0) is 30.5 Å². The molecule has 0 spiro atoms. The molecule has 2 aliphatic heterocycles. The number of amides is 3. The summed E-state index contributed by atoms with van der Waals surface area (Å²) in [7, 11) is 0. The summed E-state index contributed by atoms with van der Waals surface area (Å²) in [4.78, 5) is 42.6. The van der Waals surface area contributed by atoms with E-state index in [1.165, 1.54) is 15.9 Å². The van der Waals surface area contributed by atoms with E-state index in [-0.39, 0.29) is 36.4 Å². The summed E-state index contributed by atoms with van der Waals surface area (Å²) in [5, 5.41) is 0. The number of carbonyl (C=O) groups is 3. The van der Waals surface area contributed by atoms with E-state index in [0.717, 1.165) is 12.1 Å². The highest BCUT2D eigenvalue weighted by atomic mass is 19.2. The molecule has 0 radical (unpaired) electrons. The molecule has 0 saturated carbocycles. The Labute approximate surface area is 156 Å². The molecule has 0 aliphatic carbocycles. The van der Waals surface area contributed by atoms with Gasteiger partial charge in [0.1, 0.15) is 6.04 Å². The molecule has 3 amide bonds. The van der Waals surface area contributed by atoms with E-state index in [4.69, 9.17) is 0 Å². The zero-order valence-electron chi connectivity index (χ0n) is 15.5. The van der Waals surface area contributed by atoms with Gasteiger partial charge in [0.2, 0.25) is 11.8 Å². The van der Waals surface area contributed by atoms with E-state index < -0.39 is 23.6 Å². The van der Waals surface area contributed by atoms with Crippen LogP contribution in [0.2, 0.25) is 0 Å². The fraction of sp³-hybridized carbons (Fsp3) is 0.526. The van der Waals surface area contributed by atoms with Crippen LogP contribution in [0, 0.1) is 17.6 Å². The molecule has 1 atom stereocenters. The van der Waals surface area contributed by atoms with E-state index in [9.17, 15) is 23.2 Å². The maximum absolute atomic E-state index is 13.5. The smallest absolute Gasteiger partial charge is 0.254 e. The lowest BCUT2D eigenvalue weighted by molar-refractivity contribution is -0.156. The third-order valence-electron chi connectivity index (χ3n) is 4.88. The Morgan fingerprint density at radius 1 is 1.19 bits per heavy atom. The van der Waals surface area contributed by atoms with Crippen molar-refractivity contribution in [1.29, 1.82) is 0 Å². The first kappa shape index (κ1) is 19.3. The zero-order chi connectivity index (χ0) is 19.7. The molecule has 0 aromatic heterocycles. The molecular weight excluding hydrogens is 356 g/mol. The van der Waals surface area contributed by atoms with Gasteiger partial charge < -0.3 is 14.7 Å². The van der Waals surface area contributed by atoms with E-state index >= 15 is 0 Å². The van der Waals surface area contributed by atoms with Crippen LogP contribution in [-0.4, -0.2) is 71.2 Å². The number of hydrogen-bond donors (Lipinski definition) is 0. The van der Waals surface area contributed by atoms with Crippen LogP contribution >= 0.6 is 0 Å². The molecule has 2 saturated heterocycles. The van der Waals surface area contributed by atoms with Gasteiger partial charge in [0.05, 0.1) is 13.1 Å². The molecule has 6 nitrogen and oxygen atoms in total. The van der Waals surface area contributed by atoms with Crippen molar-refractivity contribution >= 4 is 17.7 Å². The summed E-state index contributed by atoms with van der Waals surface area (Å²) in [5.41, 5.74) is 0.0240. The minimum absolute atomic E-state index is 0.0240. The topological polar surface area (TPSA) is 60.9 Å². The number of halogens is 2. The van der Waals surface area contributed by atoms with Gasteiger partial charge in [-0.15, -0.1) is 0 Å². The Kier molecular flexibility index (Phi) is 5.43. The summed E-state index contributed by atoms with van der Waals surface area (Å²) < 4.78 is 26.6. The summed E-state index contributed by atoms with van der Waals surface area (Å²) in [6.07, 6.45) is 0.523. The molecule has 8 heteroatoms. The van der Waals surface area contributed by atoms with Gasteiger partial charge in [-0.1, -0.05) is 13.8 Å². The van der Waals surface area contributed by atoms with Crippen LogP contribution in [0.4, 0.5) is 8.78 Å². The van der Waals surface area contributed by atoms with Gasteiger partial charge in [-0.3, -0.25) is 14.4 Å². The molecule has 0 bridgehead atoms. The highest BCUT2D eigenvalue weighted by molar-refractivity contribution is 5.97. The van der Waals surface area contributed by atoms with Crippen molar-refractivity contribution in [2.75, 3.05) is 32.7 Å². The van der Waals surface area contributed by atoms with Crippen molar-refractivity contribution in [3.63, 3.8) is 0 Å². The quantitative estimate of drug-likeness (QED) is 0.800. The highest BCUT2D eigenvalue weighted by Crippen LogP contribution is 2.21. The van der Waals surface area contributed by atoms with Gasteiger partial charge in [0, 0.05) is 25.2 Å². The minimum Gasteiger partial charge on any atom is -0.336 e. The maximum atomic E-state index is 13.5. The predicted molar refractivity (Wildman–Crippen MR) is 93.8 cm³/mol. The fourth-order valence-electron chi connectivity index (χ4n) is 3.63. The van der Waals surface area contributed by atoms with E-state index in [0.29, 0.717) is 26.1 Å². The standard InChI is InChI=1S/C19H23F2N3O3/c1-12(2)9-23-11-17(25)24-7-3-6-22(10-16(24)19(23)27)18(26)13-4-5-14(20)15(21)8-13/h4-5,8,12,16H,3,6-7,9-11H2,1-2H3. The van der Waals surface area contributed by atoms with Crippen LogP contribution in [-0.2, 0) is 9.59 Å². The Hall–Kier alpha value is -2.51. The molecule has 1 unspecified atom stereocenters. The largest absolute Gasteiger partial charge is 0.336 e. The lowest BCUT2D eigenvalue weighted by Gasteiger charge is -2.40. The van der Waals surface area contributed by atoms with Gasteiger partial charge in [-0.2, -0.15) is 0 Å². The Bertz CT molecular complexity index is 769. The number of nitrogens with zero attached hydrogens (tertiary/aromatic N) is 3. The van der Waals surface area contributed by atoms with Crippen molar-refractivity contribution in [2.45, 2.75) is 26.3 Å². The summed E-state index contributed by atoms with van der Waals surface area (Å²) in [6, 6.07) is 2.26. The molecule has 27 heavy (non-hydrogen) atoms. The third kappa shape index (κ3) is 3.94. The third-order valence-corrected chi connectivity index (χ3v) is 4.88. The fourth-order valence-corrected chi connectivity index (χ4v) is 3.63. The van der Waals surface area contributed by atoms with Crippen LogP contribution in [0.15, 0.2) is 18.2 Å². The molecule has 2 heterocycles. The first-order valence-corrected chi connectivity index (χ1v) is 9.10. The number of carbonyl (C=O) groups excluding carboxylic acids is 3. The van der Waals surface area contributed by atoms with Gasteiger partial charge in [0.15, 0.2) is 11.6 Å². The second kappa shape index (κ2) is 7.62. The Morgan fingerprint density at radius 2 is 1.93 bits per heavy atom. The lowest BCUT2D eigenvalue weighted by Crippen LogP contribution is -2.62. The van der Waals surface area contributed by atoms with Crippen LogP contribution in [0.1, 0.15) is 30.6 Å². The SMILES string of the molecule is CC(C)CN1CC(=O)N2CCCN(C(=O)c3ccc(F)c(F)c3)CC2C1=O. The number of benzene rings is 1. The van der Waals surface area contributed by atoms with Crippen molar-refractivity contribution in [3.05, 3.63) is 35.4 Å². The number of rotatable bonds is 3. The lowest BCUT2D eigenvalue weighted by atomic mass is 10.1. The van der Waals surface area contributed by atoms with Crippen LogP contribution in [0.5, 0.6) is 0 Å². The first-order valence-electron chi connectivity index (χ1n) is 9.10. The van der Waals surface area contributed by atoms with E-state index in [1.54, 1.807) is 4.90 Å².